The summed E-state index contributed by atoms with van der Waals surface area (Å²) in [5.74, 6) is -1.43. The largest absolute Gasteiger partial charge is 0.300 e. The summed E-state index contributed by atoms with van der Waals surface area (Å²) in [7, 11) is 0. The van der Waals surface area contributed by atoms with Gasteiger partial charge in [-0.3, -0.25) is 19.3 Å². The van der Waals surface area contributed by atoms with Gasteiger partial charge < -0.3 is 5.32 Å². The predicted octanol–water partition coefficient (Wildman–Crippen LogP) is 5.31. The van der Waals surface area contributed by atoms with Crippen LogP contribution in [0.4, 0.5) is 5.13 Å². The summed E-state index contributed by atoms with van der Waals surface area (Å²) in [6.07, 6.45) is 0.188. The number of thiazole rings is 1. The van der Waals surface area contributed by atoms with Gasteiger partial charge in [-0.05, 0) is 29.8 Å². The van der Waals surface area contributed by atoms with Gasteiger partial charge >= 0.3 is 0 Å². The average molecular weight is 488 g/mol. The molecule has 8 heteroatoms. The minimum atomic E-state index is -1.03. The second kappa shape index (κ2) is 9.21. The van der Waals surface area contributed by atoms with Crippen molar-refractivity contribution in [2.75, 3.05) is 5.32 Å². The van der Waals surface area contributed by atoms with E-state index in [1.807, 2.05) is 47.8 Å². The number of rotatable bonds is 6. The molecule has 0 saturated carbocycles. The summed E-state index contributed by atoms with van der Waals surface area (Å²) < 4.78 is 0. The van der Waals surface area contributed by atoms with Gasteiger partial charge in [-0.2, -0.15) is 0 Å². The Morgan fingerprint density at radius 1 is 0.912 bits per heavy atom. The fraction of sp³-hybridized carbons (Fsp3) is 0.0769. The summed E-state index contributed by atoms with van der Waals surface area (Å²) >= 11 is 7.23. The average Bonchev–Trinajstić information content (AvgIpc) is 3.42. The number of hydrogen-bond acceptors (Lipinski definition) is 5. The molecule has 4 aromatic rings. The van der Waals surface area contributed by atoms with Gasteiger partial charge in [0.25, 0.3) is 11.8 Å². The Labute approximate surface area is 204 Å². The van der Waals surface area contributed by atoms with E-state index in [4.69, 9.17) is 11.6 Å². The van der Waals surface area contributed by atoms with Crippen LogP contribution in [-0.4, -0.2) is 33.6 Å². The Bertz CT molecular complexity index is 1350. The van der Waals surface area contributed by atoms with E-state index in [9.17, 15) is 14.4 Å². The van der Waals surface area contributed by atoms with Crippen molar-refractivity contribution in [3.8, 4) is 11.3 Å². The Hall–Kier alpha value is -3.81. The lowest BCUT2D eigenvalue weighted by Gasteiger charge is -2.25. The van der Waals surface area contributed by atoms with E-state index >= 15 is 0 Å². The number of aromatic nitrogens is 1. The molecular weight excluding hydrogens is 470 g/mol. The number of anilines is 1. The maximum absolute atomic E-state index is 13.4. The SMILES string of the molecule is O=C(Nc1nc(-c2ccc(Cl)cc2)cs1)C(Cc1ccccc1)N1C(=O)c2ccccc2C1=O. The summed E-state index contributed by atoms with van der Waals surface area (Å²) in [5.41, 5.74) is 3.00. The molecule has 1 atom stereocenters. The van der Waals surface area contributed by atoms with Crippen LogP contribution in [0.5, 0.6) is 0 Å². The highest BCUT2D eigenvalue weighted by Gasteiger charge is 2.42. The number of halogens is 1. The molecule has 0 bridgehead atoms. The fourth-order valence-electron chi connectivity index (χ4n) is 3.90. The first-order valence-electron chi connectivity index (χ1n) is 10.5. The van der Waals surface area contributed by atoms with Crippen molar-refractivity contribution in [2.24, 2.45) is 0 Å². The molecule has 0 aliphatic carbocycles. The molecule has 1 N–H and O–H groups in total. The van der Waals surface area contributed by atoms with Crippen LogP contribution in [0.15, 0.2) is 84.2 Å². The van der Waals surface area contributed by atoms with E-state index in [1.54, 1.807) is 36.4 Å². The third-order valence-electron chi connectivity index (χ3n) is 5.59. The number of carbonyl (C=O) groups excluding carboxylic acids is 3. The number of imide groups is 1. The van der Waals surface area contributed by atoms with Crippen molar-refractivity contribution < 1.29 is 14.4 Å². The zero-order valence-corrected chi connectivity index (χ0v) is 19.3. The molecule has 1 aliphatic heterocycles. The number of carbonyl (C=O) groups is 3. The minimum absolute atomic E-state index is 0.188. The normalized spacial score (nSPS) is 13.6. The molecule has 0 fully saturated rings. The summed E-state index contributed by atoms with van der Waals surface area (Å²) in [6, 6.07) is 22.1. The molecule has 1 aliphatic rings. The monoisotopic (exact) mass is 487 g/mol. The summed E-state index contributed by atoms with van der Waals surface area (Å²) in [5, 5.41) is 5.63. The summed E-state index contributed by atoms with van der Waals surface area (Å²) in [6.45, 7) is 0. The second-order valence-electron chi connectivity index (χ2n) is 7.77. The molecule has 5 rings (SSSR count). The topological polar surface area (TPSA) is 79.4 Å². The Morgan fingerprint density at radius 2 is 1.53 bits per heavy atom. The molecule has 0 saturated heterocycles. The highest BCUT2D eigenvalue weighted by atomic mass is 35.5. The number of hydrogen-bond donors (Lipinski definition) is 1. The molecule has 0 spiro atoms. The van der Waals surface area contributed by atoms with Crippen molar-refractivity contribution in [2.45, 2.75) is 12.5 Å². The van der Waals surface area contributed by atoms with Crippen LogP contribution in [0.1, 0.15) is 26.3 Å². The van der Waals surface area contributed by atoms with Gasteiger partial charge in [0.1, 0.15) is 6.04 Å². The zero-order chi connectivity index (χ0) is 23.7. The van der Waals surface area contributed by atoms with Crippen LogP contribution in [0.2, 0.25) is 5.02 Å². The van der Waals surface area contributed by atoms with E-state index in [0.29, 0.717) is 27.0 Å². The van der Waals surface area contributed by atoms with Crippen LogP contribution in [0, 0.1) is 0 Å². The van der Waals surface area contributed by atoms with Gasteiger partial charge in [0, 0.05) is 22.4 Å². The van der Waals surface area contributed by atoms with Gasteiger partial charge in [0.15, 0.2) is 5.13 Å². The smallest absolute Gasteiger partial charge is 0.262 e. The number of benzene rings is 3. The highest BCUT2D eigenvalue weighted by Crippen LogP contribution is 2.29. The molecule has 1 unspecified atom stereocenters. The quantitative estimate of drug-likeness (QED) is 0.374. The highest BCUT2D eigenvalue weighted by molar-refractivity contribution is 7.14. The Morgan fingerprint density at radius 3 is 2.18 bits per heavy atom. The zero-order valence-electron chi connectivity index (χ0n) is 17.8. The van der Waals surface area contributed by atoms with Gasteiger partial charge in [-0.25, -0.2) is 4.98 Å². The lowest BCUT2D eigenvalue weighted by Crippen LogP contribution is -2.48. The summed E-state index contributed by atoms with van der Waals surface area (Å²) in [4.78, 5) is 45.2. The molecule has 0 radical (unpaired) electrons. The third-order valence-corrected chi connectivity index (χ3v) is 6.60. The van der Waals surface area contributed by atoms with Crippen molar-refractivity contribution >= 4 is 45.8 Å². The van der Waals surface area contributed by atoms with Gasteiger partial charge in [-0.1, -0.05) is 66.2 Å². The van der Waals surface area contributed by atoms with Crippen LogP contribution in [0.3, 0.4) is 0 Å². The van der Waals surface area contributed by atoms with Crippen molar-refractivity contribution in [1.82, 2.24) is 9.88 Å². The molecular formula is C26H18ClN3O3S. The minimum Gasteiger partial charge on any atom is -0.300 e. The van der Waals surface area contributed by atoms with Crippen LogP contribution in [0.25, 0.3) is 11.3 Å². The second-order valence-corrected chi connectivity index (χ2v) is 9.06. The first-order valence-corrected chi connectivity index (χ1v) is 11.8. The van der Waals surface area contributed by atoms with Crippen molar-refractivity contribution in [1.29, 1.82) is 0 Å². The Balaban J connectivity index is 1.43. The number of nitrogens with zero attached hydrogens (tertiary/aromatic N) is 2. The van der Waals surface area contributed by atoms with Crippen molar-refractivity contribution in [3.63, 3.8) is 0 Å². The Kier molecular flexibility index (Phi) is 5.96. The number of fused-ring (bicyclic) bond motifs is 1. The molecule has 1 aromatic heterocycles. The van der Waals surface area contributed by atoms with Crippen LogP contribution in [-0.2, 0) is 11.2 Å². The predicted molar refractivity (Wildman–Crippen MR) is 132 cm³/mol. The van der Waals surface area contributed by atoms with Gasteiger partial charge in [-0.15, -0.1) is 11.3 Å². The molecule has 2 heterocycles. The lowest BCUT2D eigenvalue weighted by atomic mass is 10.0. The molecule has 168 valence electrons. The molecule has 34 heavy (non-hydrogen) atoms. The van der Waals surface area contributed by atoms with Gasteiger partial charge in [0.2, 0.25) is 5.91 Å². The van der Waals surface area contributed by atoms with Crippen LogP contribution < -0.4 is 5.32 Å². The fourth-order valence-corrected chi connectivity index (χ4v) is 4.75. The van der Waals surface area contributed by atoms with E-state index in [1.165, 1.54) is 11.3 Å². The van der Waals surface area contributed by atoms with E-state index in [0.717, 1.165) is 16.0 Å². The third kappa shape index (κ3) is 4.23. The molecule has 6 nitrogen and oxygen atoms in total. The van der Waals surface area contributed by atoms with Crippen molar-refractivity contribution in [3.05, 3.63) is 106 Å². The van der Waals surface area contributed by atoms with E-state index in [2.05, 4.69) is 10.3 Å². The van der Waals surface area contributed by atoms with E-state index in [-0.39, 0.29) is 6.42 Å². The number of amides is 3. The number of nitrogens with one attached hydrogen (secondary N) is 1. The first-order chi connectivity index (χ1) is 16.5. The van der Waals surface area contributed by atoms with Gasteiger partial charge in [0.05, 0.1) is 16.8 Å². The van der Waals surface area contributed by atoms with Crippen LogP contribution >= 0.6 is 22.9 Å². The first kappa shape index (κ1) is 22.0. The maximum atomic E-state index is 13.4. The molecule has 3 aromatic carbocycles. The standard InChI is InChI=1S/C26H18ClN3O3S/c27-18-12-10-17(11-13-18)21-15-34-26(28-21)29-23(31)22(14-16-6-2-1-3-7-16)30-24(32)19-8-4-5-9-20(19)25(30)33/h1-13,15,22H,14H2,(H,28,29,31). The van der Waals surface area contributed by atoms with E-state index < -0.39 is 23.8 Å². The molecule has 3 amide bonds. The lowest BCUT2D eigenvalue weighted by molar-refractivity contribution is -0.119. The maximum Gasteiger partial charge on any atom is 0.262 e.